The Labute approximate surface area is 102 Å². The summed E-state index contributed by atoms with van der Waals surface area (Å²) in [6.07, 6.45) is 2.31. The third kappa shape index (κ3) is 3.70. The second-order valence-electron chi connectivity index (χ2n) is 5.55. The molecule has 0 radical (unpaired) electrons. The Hall–Kier alpha value is -1.10. The molecule has 0 spiro atoms. The molecule has 0 saturated heterocycles. The summed E-state index contributed by atoms with van der Waals surface area (Å²) < 4.78 is 0. The van der Waals surface area contributed by atoms with E-state index in [1.165, 1.54) is 0 Å². The Bertz CT molecular complexity index is 309. The van der Waals surface area contributed by atoms with Crippen LogP contribution in [0.2, 0.25) is 0 Å². The molecule has 98 valence electrons. The Morgan fingerprint density at radius 1 is 1.47 bits per heavy atom. The topological polar surface area (TPSA) is 92.4 Å². The Balaban J connectivity index is 2.60. The summed E-state index contributed by atoms with van der Waals surface area (Å²) in [6.45, 7) is 5.52. The molecule has 1 rings (SSSR count). The van der Waals surface area contributed by atoms with Crippen LogP contribution in [0.4, 0.5) is 0 Å². The lowest BCUT2D eigenvalue weighted by Crippen LogP contribution is -2.57. The second-order valence-corrected chi connectivity index (χ2v) is 5.55. The van der Waals surface area contributed by atoms with Gasteiger partial charge in [-0.1, -0.05) is 13.8 Å². The number of nitrogens with one attached hydrogen (secondary N) is 1. The first-order valence-electron chi connectivity index (χ1n) is 6.07. The number of carbonyl (C=O) groups excluding carboxylic acids is 1. The van der Waals surface area contributed by atoms with Gasteiger partial charge in [-0.05, 0) is 38.0 Å². The molecule has 17 heavy (non-hydrogen) atoms. The molecule has 0 bridgehead atoms. The number of carboxylic acids is 1. The van der Waals surface area contributed by atoms with E-state index in [1.54, 1.807) is 6.92 Å². The summed E-state index contributed by atoms with van der Waals surface area (Å²) in [7, 11) is 0. The minimum Gasteiger partial charge on any atom is -0.480 e. The lowest BCUT2D eigenvalue weighted by molar-refractivity contribution is -0.143. The highest BCUT2D eigenvalue weighted by Crippen LogP contribution is 2.38. The lowest BCUT2D eigenvalue weighted by atomic mass is 9.95. The average molecular weight is 242 g/mol. The smallest absolute Gasteiger partial charge is 0.326 e. The van der Waals surface area contributed by atoms with Gasteiger partial charge in [0, 0.05) is 0 Å². The summed E-state index contributed by atoms with van der Waals surface area (Å²) in [4.78, 5) is 23.0. The molecule has 1 saturated carbocycles. The lowest BCUT2D eigenvalue weighted by Gasteiger charge is -2.26. The maximum atomic E-state index is 11.9. The number of carboxylic acid groups (broad SMARTS) is 1. The largest absolute Gasteiger partial charge is 0.480 e. The van der Waals surface area contributed by atoms with E-state index in [0.717, 1.165) is 12.8 Å². The van der Waals surface area contributed by atoms with Crippen molar-refractivity contribution in [3.05, 3.63) is 0 Å². The first kappa shape index (κ1) is 14.0. The fraction of sp³-hybridized carbons (Fsp3) is 0.833. The van der Waals surface area contributed by atoms with Crippen molar-refractivity contribution in [2.75, 3.05) is 0 Å². The van der Waals surface area contributed by atoms with Gasteiger partial charge in [0.1, 0.15) is 6.04 Å². The standard InChI is InChI=1S/C12H22N2O3/c1-7(2)6-9(10(15)16)14-11(17)12(3,13)8-4-5-8/h7-9H,4-6,13H2,1-3H3,(H,14,17)(H,15,16)/t9-,12?/m1/s1. The third-order valence-corrected chi connectivity index (χ3v) is 3.23. The van der Waals surface area contributed by atoms with Gasteiger partial charge in [0.25, 0.3) is 0 Å². The van der Waals surface area contributed by atoms with Crippen molar-refractivity contribution in [3.63, 3.8) is 0 Å². The second kappa shape index (κ2) is 5.04. The van der Waals surface area contributed by atoms with E-state index >= 15 is 0 Å². The molecule has 2 atom stereocenters. The van der Waals surface area contributed by atoms with Gasteiger partial charge in [-0.25, -0.2) is 4.79 Å². The predicted molar refractivity (Wildman–Crippen MR) is 64.3 cm³/mol. The van der Waals surface area contributed by atoms with Crippen molar-refractivity contribution in [1.82, 2.24) is 5.32 Å². The van der Waals surface area contributed by atoms with Crippen LogP contribution in [0.1, 0.15) is 40.0 Å². The van der Waals surface area contributed by atoms with Crippen molar-refractivity contribution in [3.8, 4) is 0 Å². The molecule has 0 aromatic heterocycles. The van der Waals surface area contributed by atoms with Crippen molar-refractivity contribution < 1.29 is 14.7 Å². The van der Waals surface area contributed by atoms with Gasteiger partial charge in [-0.15, -0.1) is 0 Å². The van der Waals surface area contributed by atoms with Crippen LogP contribution in [0.3, 0.4) is 0 Å². The van der Waals surface area contributed by atoms with Gasteiger partial charge in [0.15, 0.2) is 0 Å². The van der Waals surface area contributed by atoms with Crippen LogP contribution in [0.25, 0.3) is 0 Å². The first-order chi connectivity index (χ1) is 7.75. The molecular weight excluding hydrogens is 220 g/mol. The minimum atomic E-state index is -1.00. The SMILES string of the molecule is CC(C)C[C@@H](NC(=O)C(C)(N)C1CC1)C(=O)O. The molecule has 0 heterocycles. The quantitative estimate of drug-likeness (QED) is 0.640. The predicted octanol–water partition coefficient (Wildman–Crippen LogP) is 0.729. The zero-order valence-corrected chi connectivity index (χ0v) is 10.7. The Kier molecular flexibility index (Phi) is 4.14. The van der Waals surface area contributed by atoms with Gasteiger partial charge in [0.05, 0.1) is 5.54 Å². The van der Waals surface area contributed by atoms with E-state index in [1.807, 2.05) is 13.8 Å². The Morgan fingerprint density at radius 3 is 2.35 bits per heavy atom. The molecular formula is C12H22N2O3. The number of amides is 1. The van der Waals surface area contributed by atoms with Gasteiger partial charge in [-0.2, -0.15) is 0 Å². The van der Waals surface area contributed by atoms with Crippen LogP contribution >= 0.6 is 0 Å². The van der Waals surface area contributed by atoms with E-state index in [9.17, 15) is 9.59 Å². The van der Waals surface area contributed by atoms with Gasteiger partial charge >= 0.3 is 5.97 Å². The first-order valence-corrected chi connectivity index (χ1v) is 6.07. The summed E-state index contributed by atoms with van der Waals surface area (Å²) >= 11 is 0. The summed E-state index contributed by atoms with van der Waals surface area (Å²) in [5, 5.41) is 11.6. The number of nitrogens with two attached hydrogens (primary N) is 1. The molecule has 1 fully saturated rings. The molecule has 1 amide bonds. The molecule has 5 nitrogen and oxygen atoms in total. The van der Waals surface area contributed by atoms with Crippen molar-refractivity contribution in [2.24, 2.45) is 17.6 Å². The molecule has 5 heteroatoms. The number of hydrogen-bond donors (Lipinski definition) is 3. The molecule has 1 aliphatic rings. The summed E-state index contributed by atoms with van der Waals surface area (Å²) in [5.41, 5.74) is 5.00. The third-order valence-electron chi connectivity index (χ3n) is 3.23. The van der Waals surface area contributed by atoms with Crippen LogP contribution < -0.4 is 11.1 Å². The van der Waals surface area contributed by atoms with E-state index in [-0.39, 0.29) is 17.7 Å². The van der Waals surface area contributed by atoms with E-state index in [4.69, 9.17) is 10.8 Å². The van der Waals surface area contributed by atoms with Crippen LogP contribution in [0, 0.1) is 11.8 Å². The molecule has 1 unspecified atom stereocenters. The maximum Gasteiger partial charge on any atom is 0.326 e. The monoisotopic (exact) mass is 242 g/mol. The average Bonchev–Trinajstić information content (AvgIpc) is 2.98. The van der Waals surface area contributed by atoms with Gasteiger partial charge < -0.3 is 16.2 Å². The highest BCUT2D eigenvalue weighted by Gasteiger charge is 2.44. The van der Waals surface area contributed by atoms with Crippen molar-refractivity contribution in [1.29, 1.82) is 0 Å². The van der Waals surface area contributed by atoms with Crippen molar-refractivity contribution >= 4 is 11.9 Å². The number of rotatable bonds is 6. The molecule has 0 aromatic rings. The highest BCUT2D eigenvalue weighted by atomic mass is 16.4. The van der Waals surface area contributed by atoms with Crippen LogP contribution in [-0.2, 0) is 9.59 Å². The zero-order valence-electron chi connectivity index (χ0n) is 10.7. The molecule has 1 aliphatic carbocycles. The highest BCUT2D eigenvalue weighted by molar-refractivity contribution is 5.90. The van der Waals surface area contributed by atoms with Gasteiger partial charge in [-0.3, -0.25) is 4.79 Å². The van der Waals surface area contributed by atoms with Gasteiger partial charge in [0.2, 0.25) is 5.91 Å². The van der Waals surface area contributed by atoms with Crippen LogP contribution in [0.5, 0.6) is 0 Å². The summed E-state index contributed by atoms with van der Waals surface area (Å²) in [6, 6.07) is -0.843. The minimum absolute atomic E-state index is 0.191. The molecule has 0 aromatic carbocycles. The number of aliphatic carboxylic acids is 1. The van der Waals surface area contributed by atoms with E-state index < -0.39 is 17.6 Å². The van der Waals surface area contributed by atoms with Crippen molar-refractivity contribution in [2.45, 2.75) is 51.6 Å². The number of hydrogen-bond acceptors (Lipinski definition) is 3. The number of carbonyl (C=O) groups is 2. The van der Waals surface area contributed by atoms with E-state index in [0.29, 0.717) is 6.42 Å². The summed E-state index contributed by atoms with van der Waals surface area (Å²) in [5.74, 6) is -0.955. The fourth-order valence-corrected chi connectivity index (χ4v) is 1.88. The molecule has 0 aliphatic heterocycles. The normalized spacial score (nSPS) is 20.8. The molecule has 4 N–H and O–H groups in total. The fourth-order valence-electron chi connectivity index (χ4n) is 1.88. The van der Waals surface area contributed by atoms with Crippen LogP contribution in [0.15, 0.2) is 0 Å². The van der Waals surface area contributed by atoms with Crippen LogP contribution in [-0.4, -0.2) is 28.6 Å². The van der Waals surface area contributed by atoms with E-state index in [2.05, 4.69) is 5.32 Å². The maximum absolute atomic E-state index is 11.9. The zero-order chi connectivity index (χ0) is 13.2. The Morgan fingerprint density at radius 2 is 2.00 bits per heavy atom.